The van der Waals surface area contributed by atoms with Gasteiger partial charge in [-0.15, -0.1) is 0 Å². The molecule has 0 spiro atoms. The summed E-state index contributed by atoms with van der Waals surface area (Å²) >= 11 is 6.16. The van der Waals surface area contributed by atoms with E-state index in [-0.39, 0.29) is 12.4 Å². The van der Waals surface area contributed by atoms with Crippen LogP contribution in [-0.2, 0) is 13.2 Å². The molecule has 0 amide bonds. The molecule has 0 bridgehead atoms. The van der Waals surface area contributed by atoms with Gasteiger partial charge in [0, 0.05) is 23.8 Å². The number of benzene rings is 2. The predicted molar refractivity (Wildman–Crippen MR) is 85.1 cm³/mol. The highest BCUT2D eigenvalue weighted by Gasteiger charge is 2.09. The first-order valence-electron chi connectivity index (χ1n) is 7.02. The summed E-state index contributed by atoms with van der Waals surface area (Å²) in [4.78, 5) is 2.19. The zero-order chi connectivity index (χ0) is 15.2. The van der Waals surface area contributed by atoms with Crippen molar-refractivity contribution in [2.75, 3.05) is 11.4 Å². The molecule has 2 rings (SSSR count). The maximum atomic E-state index is 13.0. The highest BCUT2D eigenvalue weighted by Crippen LogP contribution is 2.25. The van der Waals surface area contributed by atoms with Crippen LogP contribution in [0.5, 0.6) is 0 Å². The Kier molecular flexibility index (Phi) is 5.59. The smallest absolute Gasteiger partial charge is 0.123 e. The van der Waals surface area contributed by atoms with Crippen LogP contribution in [0.3, 0.4) is 0 Å². The molecule has 0 radical (unpaired) electrons. The Labute approximate surface area is 129 Å². The number of hydrogen-bond donors (Lipinski definition) is 1. The van der Waals surface area contributed by atoms with Gasteiger partial charge in [-0.3, -0.25) is 0 Å². The molecule has 2 nitrogen and oxygen atoms in total. The molecular weight excluding hydrogens is 289 g/mol. The van der Waals surface area contributed by atoms with E-state index < -0.39 is 0 Å². The van der Waals surface area contributed by atoms with Crippen molar-refractivity contribution in [3.63, 3.8) is 0 Å². The predicted octanol–water partition coefficient (Wildman–Crippen LogP) is 4.39. The molecule has 0 unspecified atom stereocenters. The SMILES string of the molecule is CCCN(Cc1ccc(F)cc1)c1ccc(CO)c(Cl)c1. The van der Waals surface area contributed by atoms with Crippen LogP contribution in [0.15, 0.2) is 42.5 Å². The molecule has 0 saturated carbocycles. The van der Waals surface area contributed by atoms with Gasteiger partial charge in [0.25, 0.3) is 0 Å². The lowest BCUT2D eigenvalue weighted by atomic mass is 10.1. The Morgan fingerprint density at radius 2 is 1.86 bits per heavy atom. The van der Waals surface area contributed by atoms with Gasteiger partial charge in [-0.1, -0.05) is 36.7 Å². The maximum Gasteiger partial charge on any atom is 0.123 e. The minimum atomic E-state index is -0.226. The average Bonchev–Trinajstić information content (AvgIpc) is 2.49. The summed E-state index contributed by atoms with van der Waals surface area (Å²) in [6.07, 6.45) is 1.00. The highest BCUT2D eigenvalue weighted by atomic mass is 35.5. The summed E-state index contributed by atoms with van der Waals surface area (Å²) in [6, 6.07) is 12.2. The minimum Gasteiger partial charge on any atom is -0.392 e. The summed E-state index contributed by atoms with van der Waals surface area (Å²) in [7, 11) is 0. The Bertz CT molecular complexity index is 586. The molecular formula is C17H19ClFNO. The lowest BCUT2D eigenvalue weighted by molar-refractivity contribution is 0.282. The van der Waals surface area contributed by atoms with E-state index in [1.54, 1.807) is 12.1 Å². The van der Waals surface area contributed by atoms with Crippen LogP contribution in [0.1, 0.15) is 24.5 Å². The van der Waals surface area contributed by atoms with Gasteiger partial charge >= 0.3 is 0 Å². The number of nitrogens with zero attached hydrogens (tertiary/aromatic N) is 1. The molecule has 0 heterocycles. The van der Waals surface area contributed by atoms with Crippen LogP contribution in [0.4, 0.5) is 10.1 Å². The Balaban J connectivity index is 2.21. The number of hydrogen-bond acceptors (Lipinski definition) is 2. The van der Waals surface area contributed by atoms with E-state index in [9.17, 15) is 9.50 Å². The van der Waals surface area contributed by atoms with Crippen LogP contribution in [0.25, 0.3) is 0 Å². The number of halogens is 2. The van der Waals surface area contributed by atoms with Crippen molar-refractivity contribution in [1.82, 2.24) is 0 Å². The summed E-state index contributed by atoms with van der Waals surface area (Å²) in [5.74, 6) is -0.226. The number of aliphatic hydroxyl groups is 1. The highest BCUT2D eigenvalue weighted by molar-refractivity contribution is 6.31. The van der Waals surface area contributed by atoms with E-state index in [4.69, 9.17) is 11.6 Å². The fraction of sp³-hybridized carbons (Fsp3) is 0.294. The van der Waals surface area contributed by atoms with Crippen molar-refractivity contribution < 1.29 is 9.50 Å². The summed E-state index contributed by atoms with van der Waals surface area (Å²) < 4.78 is 13.0. The van der Waals surface area contributed by atoms with Gasteiger partial charge in [-0.25, -0.2) is 4.39 Å². The van der Waals surface area contributed by atoms with Crippen LogP contribution in [0.2, 0.25) is 5.02 Å². The first-order chi connectivity index (χ1) is 10.1. The average molecular weight is 308 g/mol. The molecule has 112 valence electrons. The molecule has 0 fully saturated rings. The molecule has 4 heteroatoms. The van der Waals surface area contributed by atoms with E-state index in [2.05, 4.69) is 11.8 Å². The Morgan fingerprint density at radius 3 is 2.43 bits per heavy atom. The minimum absolute atomic E-state index is 0.0646. The second-order valence-electron chi connectivity index (χ2n) is 4.98. The van der Waals surface area contributed by atoms with Crippen molar-refractivity contribution in [2.24, 2.45) is 0 Å². The van der Waals surface area contributed by atoms with Crippen LogP contribution in [-0.4, -0.2) is 11.7 Å². The van der Waals surface area contributed by atoms with E-state index in [0.717, 1.165) is 29.8 Å². The number of anilines is 1. The maximum absolute atomic E-state index is 13.0. The summed E-state index contributed by atoms with van der Waals surface area (Å²) in [6.45, 7) is 3.63. The van der Waals surface area contributed by atoms with Crippen LogP contribution in [0, 0.1) is 5.82 Å². The van der Waals surface area contributed by atoms with Gasteiger partial charge in [0.15, 0.2) is 0 Å². The standard InChI is InChI=1S/C17H19ClFNO/c1-2-9-20(11-13-3-6-15(19)7-4-13)16-8-5-14(12-21)17(18)10-16/h3-8,10,21H,2,9,11-12H2,1H3. The monoisotopic (exact) mass is 307 g/mol. The van der Waals surface area contributed by atoms with Crippen LogP contribution >= 0.6 is 11.6 Å². The molecule has 0 aliphatic carbocycles. The Hall–Kier alpha value is -1.58. The van der Waals surface area contributed by atoms with Crippen molar-refractivity contribution in [3.05, 3.63) is 64.4 Å². The van der Waals surface area contributed by atoms with Gasteiger partial charge in [0.05, 0.1) is 6.61 Å². The fourth-order valence-corrected chi connectivity index (χ4v) is 2.48. The normalized spacial score (nSPS) is 10.7. The second-order valence-corrected chi connectivity index (χ2v) is 5.39. The topological polar surface area (TPSA) is 23.5 Å². The Morgan fingerprint density at radius 1 is 1.14 bits per heavy atom. The molecule has 0 aliphatic rings. The lowest BCUT2D eigenvalue weighted by Crippen LogP contribution is -2.23. The van der Waals surface area contributed by atoms with Gasteiger partial charge in [0.2, 0.25) is 0 Å². The largest absolute Gasteiger partial charge is 0.392 e. The summed E-state index contributed by atoms with van der Waals surface area (Å²) in [5, 5.41) is 9.74. The summed E-state index contributed by atoms with van der Waals surface area (Å²) in [5.41, 5.74) is 2.77. The van der Waals surface area contributed by atoms with Crippen molar-refractivity contribution in [1.29, 1.82) is 0 Å². The first-order valence-corrected chi connectivity index (χ1v) is 7.40. The van der Waals surface area contributed by atoms with Gasteiger partial charge < -0.3 is 10.0 Å². The quantitative estimate of drug-likeness (QED) is 0.855. The molecule has 0 aliphatic heterocycles. The molecule has 0 aromatic heterocycles. The molecule has 21 heavy (non-hydrogen) atoms. The molecule has 2 aromatic rings. The van der Waals surface area contributed by atoms with Crippen LogP contribution < -0.4 is 4.90 Å². The fourth-order valence-electron chi connectivity index (χ4n) is 2.24. The first kappa shape index (κ1) is 15.8. The zero-order valence-corrected chi connectivity index (χ0v) is 12.8. The van der Waals surface area contributed by atoms with E-state index in [1.807, 2.05) is 18.2 Å². The van der Waals surface area contributed by atoms with E-state index in [0.29, 0.717) is 11.6 Å². The lowest BCUT2D eigenvalue weighted by Gasteiger charge is -2.25. The third-order valence-electron chi connectivity index (χ3n) is 3.35. The van der Waals surface area contributed by atoms with Crippen molar-refractivity contribution >= 4 is 17.3 Å². The van der Waals surface area contributed by atoms with E-state index >= 15 is 0 Å². The molecule has 0 saturated heterocycles. The van der Waals surface area contributed by atoms with Gasteiger partial charge in [0.1, 0.15) is 5.82 Å². The molecule has 0 atom stereocenters. The van der Waals surface area contributed by atoms with Gasteiger partial charge in [-0.05, 0) is 41.8 Å². The second kappa shape index (κ2) is 7.43. The van der Waals surface area contributed by atoms with Gasteiger partial charge in [-0.2, -0.15) is 0 Å². The molecule has 1 N–H and O–H groups in total. The number of rotatable bonds is 6. The zero-order valence-electron chi connectivity index (χ0n) is 12.0. The third-order valence-corrected chi connectivity index (χ3v) is 3.70. The van der Waals surface area contributed by atoms with E-state index in [1.165, 1.54) is 12.1 Å². The van der Waals surface area contributed by atoms with Crippen molar-refractivity contribution in [2.45, 2.75) is 26.5 Å². The number of aliphatic hydroxyl groups excluding tert-OH is 1. The molecule has 2 aromatic carbocycles. The third kappa shape index (κ3) is 4.19. The van der Waals surface area contributed by atoms with Crippen molar-refractivity contribution in [3.8, 4) is 0 Å².